The van der Waals surface area contributed by atoms with Crippen LogP contribution >= 0.6 is 0 Å². The van der Waals surface area contributed by atoms with Crippen LogP contribution in [0.25, 0.3) is 0 Å². The van der Waals surface area contributed by atoms with Gasteiger partial charge in [0.1, 0.15) is 0 Å². The van der Waals surface area contributed by atoms with E-state index in [1.54, 1.807) is 45.9 Å². The number of hydrogen-bond donors (Lipinski definition) is 0. The Balaban J connectivity index is 1.54. The molecule has 0 N–H and O–H groups in total. The normalized spacial score (nSPS) is 26.4. The third-order valence-electron chi connectivity index (χ3n) is 6.02. The lowest BCUT2D eigenvalue weighted by molar-refractivity contribution is 0.0763. The molecule has 3 heterocycles. The Morgan fingerprint density at radius 1 is 1.15 bits per heavy atom. The second-order valence-corrected chi connectivity index (χ2v) is 9.55. The van der Waals surface area contributed by atoms with E-state index in [9.17, 15) is 13.2 Å². The van der Waals surface area contributed by atoms with Crippen LogP contribution in [0.4, 0.5) is 0 Å². The number of benzene rings is 1. The van der Waals surface area contributed by atoms with Gasteiger partial charge in [-0.2, -0.15) is 4.31 Å². The molecule has 1 amide bonds. The van der Waals surface area contributed by atoms with Crippen molar-refractivity contribution < 1.29 is 13.2 Å². The summed E-state index contributed by atoms with van der Waals surface area (Å²) in [5.74, 6) is 0.373. The molecule has 3 aliphatic rings. The summed E-state index contributed by atoms with van der Waals surface area (Å²) in [7, 11) is -3.52. The van der Waals surface area contributed by atoms with Gasteiger partial charge in [0.2, 0.25) is 10.0 Å². The van der Waals surface area contributed by atoms with Gasteiger partial charge < -0.3 is 4.90 Å². The van der Waals surface area contributed by atoms with Crippen molar-refractivity contribution in [3.05, 3.63) is 59.9 Å². The van der Waals surface area contributed by atoms with Crippen molar-refractivity contribution in [2.24, 2.45) is 5.92 Å². The molecule has 1 unspecified atom stereocenters. The maximum absolute atomic E-state index is 13.3. The van der Waals surface area contributed by atoms with Crippen molar-refractivity contribution in [1.82, 2.24) is 14.2 Å². The van der Waals surface area contributed by atoms with E-state index in [2.05, 4.69) is 4.98 Å². The SMILES string of the molecule is O=C(c1ccncc1)N1CCC2(C1)c1ccccc1S(=O)(=O)N2CC1CC1. The number of hydrogen-bond acceptors (Lipinski definition) is 4. The average molecular weight is 383 g/mol. The van der Waals surface area contributed by atoms with Gasteiger partial charge in [0.05, 0.1) is 10.4 Å². The predicted octanol–water partition coefficient (Wildman–Crippen LogP) is 2.24. The lowest BCUT2D eigenvalue weighted by Crippen LogP contribution is -2.47. The van der Waals surface area contributed by atoms with Gasteiger partial charge in [-0.25, -0.2) is 8.42 Å². The van der Waals surface area contributed by atoms with E-state index in [0.717, 1.165) is 18.4 Å². The van der Waals surface area contributed by atoms with Crippen molar-refractivity contribution in [2.45, 2.75) is 29.7 Å². The number of likely N-dealkylation sites (tertiary alicyclic amines) is 1. The van der Waals surface area contributed by atoms with E-state index >= 15 is 0 Å². The Morgan fingerprint density at radius 3 is 2.63 bits per heavy atom. The van der Waals surface area contributed by atoms with Crippen LogP contribution in [0.15, 0.2) is 53.7 Å². The van der Waals surface area contributed by atoms with E-state index in [1.165, 1.54) is 0 Å². The van der Waals surface area contributed by atoms with Crippen LogP contribution in [-0.4, -0.2) is 48.1 Å². The first-order chi connectivity index (χ1) is 13.0. The van der Waals surface area contributed by atoms with Gasteiger partial charge in [-0.3, -0.25) is 9.78 Å². The highest BCUT2D eigenvalue weighted by molar-refractivity contribution is 7.89. The molecular weight excluding hydrogens is 362 g/mol. The molecule has 140 valence electrons. The Morgan fingerprint density at radius 2 is 1.89 bits per heavy atom. The Labute approximate surface area is 158 Å². The fraction of sp³-hybridized carbons (Fsp3) is 0.400. The average Bonchev–Trinajstić information content (AvgIpc) is 3.38. The first-order valence-corrected chi connectivity index (χ1v) is 10.8. The van der Waals surface area contributed by atoms with Crippen LogP contribution in [0, 0.1) is 5.92 Å². The van der Waals surface area contributed by atoms with Crippen LogP contribution in [0.3, 0.4) is 0 Å². The molecule has 2 fully saturated rings. The van der Waals surface area contributed by atoms with Gasteiger partial charge in [-0.15, -0.1) is 0 Å². The maximum Gasteiger partial charge on any atom is 0.254 e. The number of carbonyl (C=O) groups is 1. The molecule has 7 heteroatoms. The largest absolute Gasteiger partial charge is 0.336 e. The van der Waals surface area contributed by atoms with Crippen LogP contribution in [0.2, 0.25) is 0 Å². The van der Waals surface area contributed by atoms with Crippen molar-refractivity contribution >= 4 is 15.9 Å². The maximum atomic E-state index is 13.3. The molecule has 2 aromatic rings. The fourth-order valence-electron chi connectivity index (χ4n) is 4.43. The number of aromatic nitrogens is 1. The molecule has 2 aliphatic heterocycles. The molecule has 1 aliphatic carbocycles. The number of amides is 1. The summed E-state index contributed by atoms with van der Waals surface area (Å²) in [6, 6.07) is 10.7. The van der Waals surface area contributed by atoms with Gasteiger partial charge in [0.15, 0.2) is 0 Å². The number of rotatable bonds is 3. The third kappa shape index (κ3) is 2.52. The van der Waals surface area contributed by atoms with Gasteiger partial charge in [-0.05, 0) is 48.9 Å². The minimum atomic E-state index is -3.52. The minimum absolute atomic E-state index is 0.0672. The molecular formula is C20H21N3O3S. The summed E-state index contributed by atoms with van der Waals surface area (Å²) in [5.41, 5.74) is 0.793. The quantitative estimate of drug-likeness (QED) is 0.815. The highest BCUT2D eigenvalue weighted by Crippen LogP contribution is 2.51. The molecule has 1 spiro atoms. The topological polar surface area (TPSA) is 70.6 Å². The summed E-state index contributed by atoms with van der Waals surface area (Å²) >= 11 is 0. The van der Waals surface area contributed by atoms with Crippen LogP contribution < -0.4 is 0 Å². The molecule has 0 radical (unpaired) electrons. The summed E-state index contributed by atoms with van der Waals surface area (Å²) < 4.78 is 28.2. The fourth-order valence-corrected chi connectivity index (χ4v) is 6.57. The van der Waals surface area contributed by atoms with Gasteiger partial charge >= 0.3 is 0 Å². The van der Waals surface area contributed by atoms with E-state index < -0.39 is 15.6 Å². The van der Waals surface area contributed by atoms with Crippen molar-refractivity contribution in [2.75, 3.05) is 19.6 Å². The van der Waals surface area contributed by atoms with Crippen LogP contribution in [0.5, 0.6) is 0 Å². The number of sulfonamides is 1. The number of pyridine rings is 1. The lowest BCUT2D eigenvalue weighted by Gasteiger charge is -2.34. The first-order valence-electron chi connectivity index (χ1n) is 9.34. The predicted molar refractivity (Wildman–Crippen MR) is 99.5 cm³/mol. The summed E-state index contributed by atoms with van der Waals surface area (Å²) in [6.45, 7) is 1.50. The number of carbonyl (C=O) groups excluding carboxylic acids is 1. The van der Waals surface area contributed by atoms with Crippen molar-refractivity contribution in [3.63, 3.8) is 0 Å². The van der Waals surface area contributed by atoms with E-state index in [1.807, 2.05) is 12.1 Å². The van der Waals surface area contributed by atoms with E-state index in [4.69, 9.17) is 0 Å². The van der Waals surface area contributed by atoms with Crippen molar-refractivity contribution in [3.8, 4) is 0 Å². The molecule has 1 aromatic carbocycles. The van der Waals surface area contributed by atoms with Gasteiger partial charge in [0, 0.05) is 37.6 Å². The van der Waals surface area contributed by atoms with E-state index in [0.29, 0.717) is 42.4 Å². The Bertz CT molecular complexity index is 1000. The number of nitrogens with zero attached hydrogens (tertiary/aromatic N) is 3. The zero-order chi connectivity index (χ0) is 18.6. The van der Waals surface area contributed by atoms with Crippen LogP contribution in [0.1, 0.15) is 35.2 Å². The molecule has 1 atom stereocenters. The molecule has 0 bridgehead atoms. The molecule has 1 saturated heterocycles. The highest BCUT2D eigenvalue weighted by Gasteiger charge is 2.58. The zero-order valence-electron chi connectivity index (χ0n) is 14.9. The third-order valence-corrected chi connectivity index (χ3v) is 8.01. The van der Waals surface area contributed by atoms with Gasteiger partial charge in [-0.1, -0.05) is 18.2 Å². The number of fused-ring (bicyclic) bond motifs is 2. The van der Waals surface area contributed by atoms with Crippen LogP contribution in [-0.2, 0) is 15.6 Å². The Hall–Kier alpha value is -2.25. The van der Waals surface area contributed by atoms with Crippen molar-refractivity contribution in [1.29, 1.82) is 0 Å². The van der Waals surface area contributed by atoms with E-state index in [-0.39, 0.29) is 5.91 Å². The molecule has 1 aromatic heterocycles. The molecule has 1 saturated carbocycles. The Kier molecular flexibility index (Phi) is 3.67. The smallest absolute Gasteiger partial charge is 0.254 e. The second kappa shape index (κ2) is 5.87. The summed E-state index contributed by atoms with van der Waals surface area (Å²) in [5, 5.41) is 0. The minimum Gasteiger partial charge on any atom is -0.336 e. The summed E-state index contributed by atoms with van der Waals surface area (Å²) in [6.07, 6.45) is 6.00. The highest BCUT2D eigenvalue weighted by atomic mass is 32.2. The van der Waals surface area contributed by atoms with Gasteiger partial charge in [0.25, 0.3) is 5.91 Å². The molecule has 27 heavy (non-hydrogen) atoms. The molecule has 5 rings (SSSR count). The second-order valence-electron chi connectivity index (χ2n) is 7.72. The standard InChI is InChI=1S/C20H21N3O3S/c24-19(16-7-10-21-11-8-16)22-12-9-20(14-22)17-3-1-2-4-18(17)27(25,26)23(20)13-15-5-6-15/h1-4,7-8,10-11,15H,5-6,9,12-14H2. The zero-order valence-corrected chi connectivity index (χ0v) is 15.7. The lowest BCUT2D eigenvalue weighted by atomic mass is 9.88. The monoisotopic (exact) mass is 383 g/mol. The molecule has 6 nitrogen and oxygen atoms in total. The summed E-state index contributed by atoms with van der Waals surface area (Å²) in [4.78, 5) is 19.1. The first kappa shape index (κ1) is 16.9.